The number of hydrogen-bond donors (Lipinski definition) is 4. The maximum atomic E-state index is 14.2. The van der Waals surface area contributed by atoms with Gasteiger partial charge in [0.25, 0.3) is 5.91 Å². The van der Waals surface area contributed by atoms with Crippen LogP contribution in [0, 0.1) is 17.3 Å². The first-order valence-electron chi connectivity index (χ1n) is 15.4. The average molecular weight is 661 g/mol. The first kappa shape index (κ1) is 36.0. The van der Waals surface area contributed by atoms with Crippen molar-refractivity contribution in [3.63, 3.8) is 0 Å². The van der Waals surface area contributed by atoms with Crippen molar-refractivity contribution < 1.29 is 32.4 Å². The minimum atomic E-state index is -3.50. The van der Waals surface area contributed by atoms with Gasteiger partial charge >= 0.3 is 6.03 Å². The van der Waals surface area contributed by atoms with Gasteiger partial charge in [-0.2, -0.15) is 0 Å². The van der Waals surface area contributed by atoms with E-state index in [1.54, 1.807) is 0 Å². The van der Waals surface area contributed by atoms with E-state index >= 15 is 0 Å². The average Bonchev–Trinajstić information content (AvgIpc) is 3.66. The number of likely N-dealkylation sites (N-methyl/N-ethyl adjacent to an activating group) is 1. The highest BCUT2D eigenvalue weighted by Gasteiger charge is 2.45. The predicted octanol–water partition coefficient (Wildman–Crippen LogP) is 1.09. The van der Waals surface area contributed by atoms with Gasteiger partial charge in [-0.3, -0.25) is 19.2 Å². The number of amides is 5. The van der Waals surface area contributed by atoms with Crippen molar-refractivity contribution in [1.29, 1.82) is 0 Å². The molecule has 5 amide bonds. The minimum absolute atomic E-state index is 0.0339. The fraction of sp³-hybridized carbons (Fsp3) is 0.828. The van der Waals surface area contributed by atoms with Crippen molar-refractivity contribution in [1.82, 2.24) is 25.2 Å². The number of carbonyl (C=O) groups is 5. The van der Waals surface area contributed by atoms with E-state index in [1.807, 2.05) is 20.8 Å². The third-order valence-electron chi connectivity index (χ3n) is 9.01. The number of nitrogens with zero attached hydrogens (tertiary/aromatic N) is 2. The van der Waals surface area contributed by atoms with Gasteiger partial charge in [-0.15, -0.1) is 11.6 Å². The van der Waals surface area contributed by atoms with Crippen molar-refractivity contribution in [2.45, 2.75) is 108 Å². The normalized spacial score (nSPS) is 23.5. The summed E-state index contributed by atoms with van der Waals surface area (Å²) in [4.78, 5) is 66.6. The van der Waals surface area contributed by atoms with Gasteiger partial charge in [0.15, 0.2) is 0 Å². The Morgan fingerprint density at radius 3 is 2.14 bits per heavy atom. The van der Waals surface area contributed by atoms with Crippen LogP contribution in [-0.2, 0) is 29.2 Å². The molecule has 5 atom stereocenters. The van der Waals surface area contributed by atoms with Crippen LogP contribution in [0.2, 0.25) is 0 Å². The molecule has 1 heterocycles. The molecule has 3 fully saturated rings. The van der Waals surface area contributed by atoms with Gasteiger partial charge in [0, 0.05) is 26.2 Å². The van der Waals surface area contributed by atoms with Gasteiger partial charge in [0.05, 0.1) is 17.7 Å². The van der Waals surface area contributed by atoms with E-state index in [4.69, 9.17) is 17.3 Å². The highest BCUT2D eigenvalue weighted by atomic mass is 35.5. The maximum absolute atomic E-state index is 14.2. The van der Waals surface area contributed by atoms with Gasteiger partial charge < -0.3 is 26.6 Å². The molecule has 1 saturated heterocycles. The Hall–Kier alpha value is -2.45. The summed E-state index contributed by atoms with van der Waals surface area (Å²) in [6.45, 7) is 5.75. The number of sulfonamides is 1. The topological polar surface area (TPSA) is 188 Å². The fourth-order valence-corrected chi connectivity index (χ4v) is 6.67. The second kappa shape index (κ2) is 14.8. The smallest absolute Gasteiger partial charge is 0.315 e. The van der Waals surface area contributed by atoms with E-state index in [-0.39, 0.29) is 31.3 Å². The second-order valence-electron chi connectivity index (χ2n) is 13.8. The molecule has 2 saturated carbocycles. The molecule has 15 heteroatoms. The molecule has 250 valence electrons. The van der Waals surface area contributed by atoms with Crippen LogP contribution in [0.25, 0.3) is 0 Å². The van der Waals surface area contributed by atoms with Crippen molar-refractivity contribution in [2.75, 3.05) is 26.4 Å². The van der Waals surface area contributed by atoms with E-state index in [9.17, 15) is 32.4 Å². The Balaban J connectivity index is 1.80. The molecule has 13 nitrogen and oxygen atoms in total. The molecule has 1 unspecified atom stereocenters. The lowest BCUT2D eigenvalue weighted by molar-refractivity contribution is -0.143. The standard InChI is InChI=1S/C29H49ClN6O7S/c1-29(2,3)22(16-35(4)44(5,42)43)33-28(41)34-23(18-9-7-6-8-10-18)27(40)36-15-19(30)14-21(36)26(39)32-20(13-17-11-12-17)24(37)25(31)38/h17-23H,6-16H2,1-5H3,(H2,31,38)(H,32,39)(H2,33,34,41)/t19-,20?,21+,22-,23+/m1/s1. The summed E-state index contributed by atoms with van der Waals surface area (Å²) in [6, 6.07) is -4.20. The number of Topliss-reactive ketones (excluding diaryl/α,β-unsaturated/α-hetero) is 1. The van der Waals surface area contributed by atoms with Gasteiger partial charge in [0.1, 0.15) is 12.1 Å². The van der Waals surface area contributed by atoms with Crippen LogP contribution in [0.3, 0.4) is 0 Å². The van der Waals surface area contributed by atoms with Crippen LogP contribution < -0.4 is 21.7 Å². The minimum Gasteiger partial charge on any atom is -0.363 e. The Labute approximate surface area is 265 Å². The van der Waals surface area contributed by atoms with E-state index in [1.165, 1.54) is 16.3 Å². The highest BCUT2D eigenvalue weighted by Crippen LogP contribution is 2.34. The summed E-state index contributed by atoms with van der Waals surface area (Å²) >= 11 is 6.47. The van der Waals surface area contributed by atoms with Gasteiger partial charge in [0.2, 0.25) is 27.6 Å². The lowest BCUT2D eigenvalue weighted by atomic mass is 9.83. The second-order valence-corrected chi connectivity index (χ2v) is 16.5. The number of carbonyl (C=O) groups excluding carboxylic acids is 5. The number of nitrogens with one attached hydrogen (secondary N) is 3. The molecular weight excluding hydrogens is 612 g/mol. The zero-order chi connectivity index (χ0) is 33.0. The first-order valence-corrected chi connectivity index (χ1v) is 17.7. The maximum Gasteiger partial charge on any atom is 0.315 e. The summed E-state index contributed by atoms with van der Waals surface area (Å²) in [7, 11) is -2.06. The number of primary amides is 1. The molecule has 0 aromatic rings. The van der Waals surface area contributed by atoms with Crippen molar-refractivity contribution in [3.8, 4) is 0 Å². The van der Waals surface area contributed by atoms with Gasteiger partial charge in [-0.1, -0.05) is 52.9 Å². The molecule has 0 bridgehead atoms. The Morgan fingerprint density at radius 1 is 1.00 bits per heavy atom. The third-order valence-corrected chi connectivity index (χ3v) is 10.6. The first-order chi connectivity index (χ1) is 20.4. The predicted molar refractivity (Wildman–Crippen MR) is 166 cm³/mol. The van der Waals surface area contributed by atoms with Crippen LogP contribution in [0.4, 0.5) is 4.79 Å². The SMILES string of the molecule is CN(C[C@@H](NC(=O)N[C@H](C(=O)N1C[C@H](Cl)C[C@H]1C(=O)NC(CC1CC1)C(=O)C(N)=O)C1CCCCC1)C(C)(C)C)S(C)(=O)=O. The van der Waals surface area contributed by atoms with Crippen molar-refractivity contribution >= 4 is 51.2 Å². The number of urea groups is 1. The number of rotatable bonds is 13. The molecule has 5 N–H and O–H groups in total. The van der Waals surface area contributed by atoms with Crippen LogP contribution in [-0.4, -0.2) is 103 Å². The molecule has 0 spiro atoms. The van der Waals surface area contributed by atoms with Crippen LogP contribution in [0.1, 0.15) is 78.6 Å². The Bertz CT molecular complexity index is 1200. The number of hydrogen-bond acceptors (Lipinski definition) is 7. The number of ketones is 1. The zero-order valence-electron chi connectivity index (χ0n) is 26.4. The summed E-state index contributed by atoms with van der Waals surface area (Å²) in [5.74, 6) is -3.00. The van der Waals surface area contributed by atoms with Gasteiger partial charge in [-0.25, -0.2) is 17.5 Å². The quantitative estimate of drug-likeness (QED) is 0.168. The largest absolute Gasteiger partial charge is 0.363 e. The van der Waals surface area contributed by atoms with E-state index in [0.29, 0.717) is 19.3 Å². The molecule has 1 aliphatic heterocycles. The molecular formula is C29H49ClN6O7S. The van der Waals surface area contributed by atoms with Crippen LogP contribution in [0.5, 0.6) is 0 Å². The summed E-state index contributed by atoms with van der Waals surface area (Å²) in [6.07, 6.45) is 7.55. The third kappa shape index (κ3) is 10.0. The molecule has 0 radical (unpaired) electrons. The summed E-state index contributed by atoms with van der Waals surface area (Å²) in [5.41, 5.74) is 4.72. The molecule has 2 aliphatic carbocycles. The van der Waals surface area contributed by atoms with Crippen molar-refractivity contribution in [3.05, 3.63) is 0 Å². The van der Waals surface area contributed by atoms with E-state index in [2.05, 4.69) is 16.0 Å². The number of nitrogens with two attached hydrogens (primary N) is 1. The molecule has 0 aromatic heterocycles. The Kier molecular flexibility index (Phi) is 12.1. The molecule has 0 aromatic carbocycles. The zero-order valence-corrected chi connectivity index (χ0v) is 28.0. The molecule has 3 aliphatic rings. The highest BCUT2D eigenvalue weighted by molar-refractivity contribution is 7.88. The number of alkyl halides is 1. The van der Waals surface area contributed by atoms with Crippen LogP contribution >= 0.6 is 11.6 Å². The molecule has 44 heavy (non-hydrogen) atoms. The summed E-state index contributed by atoms with van der Waals surface area (Å²) in [5, 5.41) is 7.87. The Morgan fingerprint density at radius 2 is 1.61 bits per heavy atom. The van der Waals surface area contributed by atoms with Crippen molar-refractivity contribution in [2.24, 2.45) is 23.0 Å². The van der Waals surface area contributed by atoms with E-state index < -0.39 is 74.5 Å². The number of likely N-dealkylation sites (tertiary alicyclic amines) is 1. The lowest BCUT2D eigenvalue weighted by Crippen LogP contribution is -2.60. The van der Waals surface area contributed by atoms with Gasteiger partial charge in [-0.05, 0) is 42.9 Å². The number of halogens is 1. The summed E-state index contributed by atoms with van der Waals surface area (Å²) < 4.78 is 25.3. The van der Waals surface area contributed by atoms with Crippen LogP contribution in [0.15, 0.2) is 0 Å². The monoisotopic (exact) mass is 660 g/mol. The fourth-order valence-electron chi connectivity index (χ4n) is 5.93. The van der Waals surface area contributed by atoms with E-state index in [0.717, 1.165) is 38.4 Å². The lowest BCUT2D eigenvalue weighted by Gasteiger charge is -2.37. The molecule has 3 rings (SSSR count).